The number of hydrogen-bond donors (Lipinski definition) is 2. The number of rotatable bonds is 8. The van der Waals surface area contributed by atoms with E-state index in [1.807, 2.05) is 30.3 Å². The molecule has 0 unspecified atom stereocenters. The lowest BCUT2D eigenvalue weighted by Gasteiger charge is -2.14. The predicted molar refractivity (Wildman–Crippen MR) is 97.5 cm³/mol. The van der Waals surface area contributed by atoms with Gasteiger partial charge in [0.15, 0.2) is 17.5 Å². The van der Waals surface area contributed by atoms with Gasteiger partial charge in [-0.25, -0.2) is 0 Å². The van der Waals surface area contributed by atoms with E-state index in [-0.39, 0.29) is 0 Å². The third kappa shape index (κ3) is 5.87. The highest BCUT2D eigenvalue weighted by Crippen LogP contribution is 2.27. The second kappa shape index (κ2) is 10.0. The van der Waals surface area contributed by atoms with Crippen LogP contribution in [0.1, 0.15) is 5.56 Å². The molecule has 0 atom stereocenters. The lowest BCUT2D eigenvalue weighted by Crippen LogP contribution is -2.38. The molecule has 0 aliphatic heterocycles. The van der Waals surface area contributed by atoms with Crippen molar-refractivity contribution in [3.05, 3.63) is 48.3 Å². The molecule has 0 aliphatic carbocycles. The first-order chi connectivity index (χ1) is 12.3. The summed E-state index contributed by atoms with van der Waals surface area (Å²) < 4.78 is 16.1. The molecule has 2 aromatic rings. The van der Waals surface area contributed by atoms with Gasteiger partial charge in [-0.2, -0.15) is 0 Å². The number of hydrogen-bond acceptors (Lipinski definition) is 5. The van der Waals surface area contributed by atoms with Gasteiger partial charge in [0.25, 0.3) is 0 Å². The van der Waals surface area contributed by atoms with Crippen molar-refractivity contribution < 1.29 is 14.2 Å². The van der Waals surface area contributed by atoms with Crippen molar-refractivity contribution >= 4 is 5.96 Å². The van der Waals surface area contributed by atoms with Crippen molar-refractivity contribution in [3.63, 3.8) is 0 Å². The van der Waals surface area contributed by atoms with E-state index >= 15 is 0 Å². The highest BCUT2D eigenvalue weighted by molar-refractivity contribution is 5.79. The molecule has 0 aliphatic rings. The number of guanidine groups is 1. The fourth-order valence-electron chi connectivity index (χ4n) is 2.17. The zero-order valence-corrected chi connectivity index (χ0v) is 14.8. The number of nitrogens with one attached hydrogen (secondary N) is 2. The summed E-state index contributed by atoms with van der Waals surface area (Å²) in [5, 5.41) is 6.45. The molecule has 2 rings (SSSR count). The van der Waals surface area contributed by atoms with Crippen LogP contribution in [-0.4, -0.2) is 45.4 Å². The van der Waals surface area contributed by atoms with Crippen molar-refractivity contribution in [1.29, 1.82) is 0 Å². The molecule has 7 heteroatoms. The molecule has 1 heterocycles. The zero-order chi connectivity index (χ0) is 17.9. The van der Waals surface area contributed by atoms with Crippen LogP contribution >= 0.6 is 0 Å². The second-order valence-electron chi connectivity index (χ2n) is 5.08. The predicted octanol–water partition coefficient (Wildman–Crippen LogP) is 1.84. The lowest BCUT2D eigenvalue weighted by atomic mass is 10.2. The average Bonchev–Trinajstić information content (AvgIpc) is 2.68. The van der Waals surface area contributed by atoms with Gasteiger partial charge in [0.2, 0.25) is 0 Å². The Morgan fingerprint density at radius 2 is 1.96 bits per heavy atom. The van der Waals surface area contributed by atoms with Crippen LogP contribution in [0.4, 0.5) is 0 Å². The van der Waals surface area contributed by atoms with Gasteiger partial charge in [-0.3, -0.25) is 9.98 Å². The van der Waals surface area contributed by atoms with Crippen molar-refractivity contribution in [2.75, 3.05) is 34.4 Å². The molecule has 0 spiro atoms. The maximum absolute atomic E-state index is 5.58. The van der Waals surface area contributed by atoms with Crippen LogP contribution in [-0.2, 0) is 6.54 Å². The van der Waals surface area contributed by atoms with Gasteiger partial charge in [0.1, 0.15) is 12.4 Å². The van der Waals surface area contributed by atoms with Crippen LogP contribution in [0.2, 0.25) is 0 Å². The largest absolute Gasteiger partial charge is 0.493 e. The van der Waals surface area contributed by atoms with Gasteiger partial charge >= 0.3 is 0 Å². The third-order valence-corrected chi connectivity index (χ3v) is 3.43. The Bertz CT molecular complexity index is 677. The third-order valence-electron chi connectivity index (χ3n) is 3.43. The Hall–Kier alpha value is -2.96. The summed E-state index contributed by atoms with van der Waals surface area (Å²) in [5.74, 6) is 2.86. The van der Waals surface area contributed by atoms with E-state index in [2.05, 4.69) is 20.6 Å². The summed E-state index contributed by atoms with van der Waals surface area (Å²) in [6.07, 6.45) is 3.40. The Balaban J connectivity index is 1.76. The lowest BCUT2D eigenvalue weighted by molar-refractivity contribution is 0.320. The summed E-state index contributed by atoms with van der Waals surface area (Å²) in [6, 6.07) is 9.51. The van der Waals surface area contributed by atoms with E-state index in [4.69, 9.17) is 14.2 Å². The van der Waals surface area contributed by atoms with Gasteiger partial charge in [0, 0.05) is 19.8 Å². The van der Waals surface area contributed by atoms with Gasteiger partial charge in [-0.1, -0.05) is 6.07 Å². The molecule has 7 nitrogen and oxygen atoms in total. The van der Waals surface area contributed by atoms with Crippen LogP contribution in [0.15, 0.2) is 47.7 Å². The molecule has 0 bridgehead atoms. The van der Waals surface area contributed by atoms with E-state index in [0.717, 1.165) is 11.3 Å². The Kier molecular flexibility index (Phi) is 7.37. The molecular weight excluding hydrogens is 320 g/mol. The first-order valence-corrected chi connectivity index (χ1v) is 7.95. The first-order valence-electron chi connectivity index (χ1n) is 7.95. The second-order valence-corrected chi connectivity index (χ2v) is 5.08. The van der Waals surface area contributed by atoms with Crippen LogP contribution in [0, 0.1) is 0 Å². The minimum atomic E-state index is 0.517. The molecular formula is C18H24N4O3. The number of methoxy groups -OCH3 is 2. The van der Waals surface area contributed by atoms with E-state index < -0.39 is 0 Å². The quantitative estimate of drug-likeness (QED) is 0.432. The van der Waals surface area contributed by atoms with Gasteiger partial charge in [-0.05, 0) is 29.8 Å². The van der Waals surface area contributed by atoms with E-state index in [9.17, 15) is 0 Å². The highest BCUT2D eigenvalue weighted by Gasteiger charge is 2.05. The molecule has 0 saturated carbocycles. The van der Waals surface area contributed by atoms with Crippen LogP contribution in [0.25, 0.3) is 0 Å². The summed E-state index contributed by atoms with van der Waals surface area (Å²) in [7, 11) is 4.97. The minimum Gasteiger partial charge on any atom is -0.493 e. The molecule has 1 aromatic heterocycles. The fourth-order valence-corrected chi connectivity index (χ4v) is 2.17. The summed E-state index contributed by atoms with van der Waals surface area (Å²) in [5.41, 5.74) is 1.06. The Morgan fingerprint density at radius 1 is 1.12 bits per heavy atom. The Labute approximate surface area is 148 Å². The first kappa shape index (κ1) is 18.4. The minimum absolute atomic E-state index is 0.517. The van der Waals surface area contributed by atoms with Crippen molar-refractivity contribution in [3.8, 4) is 17.2 Å². The number of aromatic nitrogens is 1. The fraction of sp³-hybridized carbons (Fsp3) is 0.333. The zero-order valence-electron chi connectivity index (χ0n) is 14.8. The molecule has 0 radical (unpaired) electrons. The molecule has 0 amide bonds. The summed E-state index contributed by atoms with van der Waals surface area (Å²) in [4.78, 5) is 8.20. The normalized spacial score (nSPS) is 10.9. The molecule has 2 N–H and O–H groups in total. The van der Waals surface area contributed by atoms with Crippen molar-refractivity contribution in [1.82, 2.24) is 15.6 Å². The summed E-state index contributed by atoms with van der Waals surface area (Å²) in [6.45, 7) is 1.76. The number of nitrogens with zero attached hydrogens (tertiary/aromatic N) is 2. The summed E-state index contributed by atoms with van der Waals surface area (Å²) >= 11 is 0. The number of benzene rings is 1. The van der Waals surface area contributed by atoms with E-state index in [1.54, 1.807) is 33.7 Å². The van der Waals surface area contributed by atoms with E-state index in [1.165, 1.54) is 0 Å². The molecule has 0 fully saturated rings. The van der Waals surface area contributed by atoms with Gasteiger partial charge in [0.05, 0.1) is 27.0 Å². The van der Waals surface area contributed by atoms with Crippen molar-refractivity contribution in [2.24, 2.45) is 4.99 Å². The van der Waals surface area contributed by atoms with Gasteiger partial charge < -0.3 is 24.8 Å². The molecule has 25 heavy (non-hydrogen) atoms. The molecule has 134 valence electrons. The van der Waals surface area contributed by atoms with Crippen LogP contribution in [0.5, 0.6) is 17.2 Å². The molecule has 1 aromatic carbocycles. The topological polar surface area (TPSA) is 77.0 Å². The number of pyridine rings is 1. The number of ether oxygens (including phenoxy) is 3. The average molecular weight is 344 g/mol. The van der Waals surface area contributed by atoms with Gasteiger partial charge in [-0.15, -0.1) is 0 Å². The molecule has 0 saturated heterocycles. The maximum atomic E-state index is 5.58. The standard InChI is InChI=1S/C18H24N4O3/c1-19-18(21-9-10-25-15-5-4-8-20-13-15)22-12-14-6-7-16(23-2)17(11-14)24-3/h4-8,11,13H,9-10,12H2,1-3H3,(H2,19,21,22). The maximum Gasteiger partial charge on any atom is 0.191 e. The SMILES string of the molecule is CN=C(NCCOc1cccnc1)NCc1ccc(OC)c(OC)c1. The van der Waals surface area contributed by atoms with Crippen LogP contribution < -0.4 is 24.8 Å². The Morgan fingerprint density at radius 3 is 2.64 bits per heavy atom. The number of aliphatic imine (C=N–C) groups is 1. The highest BCUT2D eigenvalue weighted by atomic mass is 16.5. The monoisotopic (exact) mass is 344 g/mol. The van der Waals surface area contributed by atoms with Crippen LogP contribution in [0.3, 0.4) is 0 Å². The van der Waals surface area contributed by atoms with Crippen molar-refractivity contribution in [2.45, 2.75) is 6.54 Å². The smallest absolute Gasteiger partial charge is 0.191 e. The van der Waals surface area contributed by atoms with E-state index in [0.29, 0.717) is 37.2 Å².